The fourth-order valence-electron chi connectivity index (χ4n) is 3.32. The zero-order valence-corrected chi connectivity index (χ0v) is 18.1. The second kappa shape index (κ2) is 8.81. The molecule has 0 radical (unpaired) electrons. The summed E-state index contributed by atoms with van der Waals surface area (Å²) in [5, 5.41) is 4.57. The van der Waals surface area contributed by atoms with Gasteiger partial charge in [0.1, 0.15) is 16.9 Å². The molecular formula is C22H20N2O4S2. The van der Waals surface area contributed by atoms with Crippen LogP contribution in [0.15, 0.2) is 60.0 Å². The maximum Gasteiger partial charge on any atom is 0.265 e. The molecule has 1 saturated heterocycles. The van der Waals surface area contributed by atoms with Crippen LogP contribution in [0.2, 0.25) is 0 Å². The van der Waals surface area contributed by atoms with Crippen LogP contribution in [0.5, 0.6) is 11.5 Å². The number of amides is 2. The third-order valence-electron chi connectivity index (χ3n) is 4.73. The molecule has 2 heterocycles. The normalized spacial score (nSPS) is 15.9. The number of nitrogens with one attached hydrogen (secondary N) is 1. The molecule has 2 amide bonds. The molecule has 0 aliphatic carbocycles. The molecule has 1 aromatic heterocycles. The number of para-hydroxylation sites is 1. The summed E-state index contributed by atoms with van der Waals surface area (Å²) in [4.78, 5) is 27.8. The molecule has 3 aromatic rings. The summed E-state index contributed by atoms with van der Waals surface area (Å²) in [6.45, 7) is 0. The number of carbonyl (C=O) groups excluding carboxylic acids is 2. The Labute approximate surface area is 182 Å². The molecular weight excluding hydrogens is 420 g/mol. The van der Waals surface area contributed by atoms with Crippen molar-refractivity contribution >= 4 is 46.3 Å². The van der Waals surface area contributed by atoms with Gasteiger partial charge in [-0.1, -0.05) is 24.3 Å². The van der Waals surface area contributed by atoms with Crippen molar-refractivity contribution in [3.63, 3.8) is 0 Å². The van der Waals surface area contributed by atoms with E-state index in [2.05, 4.69) is 5.32 Å². The Bertz CT molecular complexity index is 1070. The highest BCUT2D eigenvalue weighted by atomic mass is 32.2. The van der Waals surface area contributed by atoms with E-state index in [1.807, 2.05) is 41.8 Å². The van der Waals surface area contributed by atoms with Crippen LogP contribution in [-0.2, 0) is 4.79 Å². The molecule has 1 aliphatic heterocycles. The molecule has 4 rings (SSSR count). The number of ether oxygens (including phenoxy) is 2. The molecule has 6 nitrogen and oxygen atoms in total. The summed E-state index contributed by atoms with van der Waals surface area (Å²) in [7, 11) is 3.15. The maximum atomic E-state index is 12.8. The number of rotatable bonds is 6. The van der Waals surface area contributed by atoms with Crippen molar-refractivity contribution in [3.05, 3.63) is 70.4 Å². The van der Waals surface area contributed by atoms with Gasteiger partial charge in [0.25, 0.3) is 5.91 Å². The minimum atomic E-state index is -0.292. The van der Waals surface area contributed by atoms with E-state index in [0.29, 0.717) is 33.5 Å². The van der Waals surface area contributed by atoms with Gasteiger partial charge in [0.2, 0.25) is 5.91 Å². The number of thiophene rings is 1. The average molecular weight is 441 g/mol. The molecule has 1 fully saturated rings. The first kappa shape index (κ1) is 20.3. The van der Waals surface area contributed by atoms with Crippen molar-refractivity contribution in [2.45, 2.75) is 5.37 Å². The van der Waals surface area contributed by atoms with Gasteiger partial charge in [0.05, 0.1) is 30.5 Å². The van der Waals surface area contributed by atoms with Crippen LogP contribution in [-0.4, -0.2) is 31.8 Å². The molecule has 1 atom stereocenters. The number of nitrogens with zero attached hydrogens (tertiary/aromatic N) is 1. The Morgan fingerprint density at radius 1 is 1.10 bits per heavy atom. The fourth-order valence-corrected chi connectivity index (χ4v) is 5.14. The van der Waals surface area contributed by atoms with E-state index in [1.54, 1.807) is 37.3 Å². The molecule has 2 aromatic carbocycles. The third-order valence-corrected chi connectivity index (χ3v) is 6.80. The van der Waals surface area contributed by atoms with Crippen LogP contribution in [0.4, 0.5) is 11.4 Å². The summed E-state index contributed by atoms with van der Waals surface area (Å²) < 4.78 is 10.8. The van der Waals surface area contributed by atoms with Gasteiger partial charge < -0.3 is 14.8 Å². The van der Waals surface area contributed by atoms with Crippen molar-refractivity contribution in [2.75, 3.05) is 30.2 Å². The predicted octanol–water partition coefficient (Wildman–Crippen LogP) is 4.80. The smallest absolute Gasteiger partial charge is 0.265 e. The van der Waals surface area contributed by atoms with Crippen molar-refractivity contribution < 1.29 is 19.1 Å². The van der Waals surface area contributed by atoms with Crippen molar-refractivity contribution in [3.8, 4) is 11.5 Å². The number of methoxy groups -OCH3 is 2. The van der Waals surface area contributed by atoms with E-state index in [0.717, 1.165) is 5.56 Å². The zero-order chi connectivity index (χ0) is 21.1. The largest absolute Gasteiger partial charge is 0.497 e. The SMILES string of the molecule is COc1ccc(N2C(=O)CSC2c2ccccc2NC(=O)c2cccs2)c(OC)c1. The molecule has 1 aliphatic rings. The van der Waals surface area contributed by atoms with E-state index in [1.165, 1.54) is 23.1 Å². The second-order valence-electron chi connectivity index (χ2n) is 6.48. The zero-order valence-electron chi connectivity index (χ0n) is 16.5. The van der Waals surface area contributed by atoms with Crippen LogP contribution < -0.4 is 19.7 Å². The van der Waals surface area contributed by atoms with E-state index >= 15 is 0 Å². The molecule has 1 unspecified atom stereocenters. The van der Waals surface area contributed by atoms with Crippen LogP contribution in [0, 0.1) is 0 Å². The molecule has 0 bridgehead atoms. The second-order valence-corrected chi connectivity index (χ2v) is 8.50. The number of hydrogen-bond acceptors (Lipinski definition) is 6. The lowest BCUT2D eigenvalue weighted by molar-refractivity contribution is -0.115. The van der Waals surface area contributed by atoms with Crippen molar-refractivity contribution in [1.29, 1.82) is 0 Å². The summed E-state index contributed by atoms with van der Waals surface area (Å²) >= 11 is 2.90. The van der Waals surface area contributed by atoms with Gasteiger partial charge >= 0.3 is 0 Å². The fraction of sp³-hybridized carbons (Fsp3) is 0.182. The number of hydrogen-bond donors (Lipinski definition) is 1. The van der Waals surface area contributed by atoms with Crippen LogP contribution in [0.25, 0.3) is 0 Å². The molecule has 30 heavy (non-hydrogen) atoms. The van der Waals surface area contributed by atoms with E-state index in [-0.39, 0.29) is 17.2 Å². The minimum Gasteiger partial charge on any atom is -0.497 e. The Balaban J connectivity index is 1.70. The molecule has 1 N–H and O–H groups in total. The minimum absolute atomic E-state index is 0.0205. The van der Waals surface area contributed by atoms with E-state index < -0.39 is 0 Å². The Morgan fingerprint density at radius 3 is 2.67 bits per heavy atom. The summed E-state index contributed by atoms with van der Waals surface area (Å²) in [5.41, 5.74) is 2.20. The third kappa shape index (κ3) is 3.88. The van der Waals surface area contributed by atoms with Gasteiger partial charge in [-0.2, -0.15) is 0 Å². The quantitative estimate of drug-likeness (QED) is 0.597. The van der Waals surface area contributed by atoms with Crippen LogP contribution in [0.1, 0.15) is 20.6 Å². The maximum absolute atomic E-state index is 12.8. The number of anilines is 2. The van der Waals surface area contributed by atoms with Crippen molar-refractivity contribution in [2.24, 2.45) is 0 Å². The topological polar surface area (TPSA) is 67.9 Å². The van der Waals surface area contributed by atoms with Crippen molar-refractivity contribution in [1.82, 2.24) is 0 Å². The van der Waals surface area contributed by atoms with E-state index in [9.17, 15) is 9.59 Å². The summed E-state index contributed by atoms with van der Waals surface area (Å²) in [5.74, 6) is 1.35. The van der Waals surface area contributed by atoms with Gasteiger partial charge in [-0.05, 0) is 29.6 Å². The molecule has 154 valence electrons. The van der Waals surface area contributed by atoms with Gasteiger partial charge in [-0.25, -0.2) is 0 Å². The lowest BCUT2D eigenvalue weighted by atomic mass is 10.1. The first-order valence-electron chi connectivity index (χ1n) is 9.22. The van der Waals surface area contributed by atoms with Gasteiger partial charge in [-0.3, -0.25) is 14.5 Å². The first-order chi connectivity index (χ1) is 14.6. The van der Waals surface area contributed by atoms with Gasteiger partial charge in [-0.15, -0.1) is 23.1 Å². The predicted molar refractivity (Wildman–Crippen MR) is 121 cm³/mol. The lowest BCUT2D eigenvalue weighted by Crippen LogP contribution is -2.29. The Morgan fingerprint density at radius 2 is 1.93 bits per heavy atom. The highest BCUT2D eigenvalue weighted by Crippen LogP contribution is 2.47. The Kier molecular flexibility index (Phi) is 5.96. The highest BCUT2D eigenvalue weighted by molar-refractivity contribution is 8.00. The Hall–Kier alpha value is -2.97. The monoisotopic (exact) mass is 440 g/mol. The van der Waals surface area contributed by atoms with Crippen LogP contribution >= 0.6 is 23.1 Å². The lowest BCUT2D eigenvalue weighted by Gasteiger charge is -2.27. The molecule has 8 heteroatoms. The van der Waals surface area contributed by atoms with Crippen LogP contribution in [0.3, 0.4) is 0 Å². The highest BCUT2D eigenvalue weighted by Gasteiger charge is 2.37. The number of carbonyl (C=O) groups is 2. The standard InChI is InChI=1S/C22H20N2O4S2/c1-27-14-9-10-17(18(12-14)28-2)24-20(25)13-30-22(24)15-6-3-4-7-16(15)23-21(26)19-8-5-11-29-19/h3-12,22H,13H2,1-2H3,(H,23,26). The summed E-state index contributed by atoms with van der Waals surface area (Å²) in [6.07, 6.45) is 0. The van der Waals surface area contributed by atoms with E-state index in [4.69, 9.17) is 9.47 Å². The molecule has 0 saturated carbocycles. The average Bonchev–Trinajstić information content (AvgIpc) is 3.44. The first-order valence-corrected chi connectivity index (χ1v) is 11.1. The number of thioether (sulfide) groups is 1. The van der Waals surface area contributed by atoms with Gasteiger partial charge in [0.15, 0.2) is 0 Å². The molecule has 0 spiro atoms. The number of benzene rings is 2. The van der Waals surface area contributed by atoms with Gasteiger partial charge in [0, 0.05) is 17.3 Å². The summed E-state index contributed by atoms with van der Waals surface area (Å²) in [6, 6.07) is 16.6.